The second-order valence-electron chi connectivity index (χ2n) is 4.03. The van der Waals surface area contributed by atoms with Crippen LogP contribution in [-0.2, 0) is 6.54 Å². The second kappa shape index (κ2) is 3.62. The monoisotopic (exact) mass is 205 g/mol. The zero-order chi connectivity index (χ0) is 11.0. The highest BCUT2D eigenvalue weighted by Gasteiger charge is 2.16. The lowest BCUT2D eigenvalue weighted by Gasteiger charge is -2.03. The van der Waals surface area contributed by atoms with Crippen molar-refractivity contribution in [2.75, 3.05) is 0 Å². The smallest absolute Gasteiger partial charge is 0.258 e. The molecular weight excluding hydrogens is 190 g/mol. The molecule has 2 aromatic heterocycles. The molecule has 80 valence electrons. The Morgan fingerprint density at radius 3 is 2.80 bits per heavy atom. The van der Waals surface area contributed by atoms with Crippen molar-refractivity contribution in [2.45, 2.75) is 33.2 Å². The fourth-order valence-corrected chi connectivity index (χ4v) is 1.74. The van der Waals surface area contributed by atoms with Gasteiger partial charge in [0.1, 0.15) is 0 Å². The quantitative estimate of drug-likeness (QED) is 0.815. The Morgan fingerprint density at radius 2 is 2.20 bits per heavy atom. The van der Waals surface area contributed by atoms with Gasteiger partial charge in [0.2, 0.25) is 0 Å². The van der Waals surface area contributed by atoms with Crippen molar-refractivity contribution < 1.29 is 4.52 Å². The molecule has 2 N–H and O–H groups in total. The predicted molar refractivity (Wildman–Crippen MR) is 58.5 cm³/mol. The second-order valence-corrected chi connectivity index (χ2v) is 4.03. The van der Waals surface area contributed by atoms with E-state index in [0.717, 1.165) is 22.3 Å². The molecule has 0 aliphatic carbocycles. The van der Waals surface area contributed by atoms with Crippen LogP contribution < -0.4 is 5.73 Å². The van der Waals surface area contributed by atoms with Crippen LogP contribution >= 0.6 is 0 Å². The molecule has 2 heterocycles. The Kier molecular flexibility index (Phi) is 2.44. The van der Waals surface area contributed by atoms with Gasteiger partial charge in [-0.3, -0.25) is 0 Å². The molecule has 0 atom stereocenters. The van der Waals surface area contributed by atoms with Crippen molar-refractivity contribution in [2.24, 2.45) is 5.73 Å². The van der Waals surface area contributed by atoms with Crippen molar-refractivity contribution in [1.82, 2.24) is 10.1 Å². The van der Waals surface area contributed by atoms with Gasteiger partial charge >= 0.3 is 0 Å². The Labute approximate surface area is 88.5 Å². The first-order valence-electron chi connectivity index (χ1n) is 5.09. The molecule has 0 saturated heterocycles. The zero-order valence-electron chi connectivity index (χ0n) is 9.24. The van der Waals surface area contributed by atoms with E-state index in [1.807, 2.05) is 13.0 Å². The highest BCUT2D eigenvalue weighted by atomic mass is 16.5. The summed E-state index contributed by atoms with van der Waals surface area (Å²) in [5.74, 6) is 0.320. The molecule has 0 unspecified atom stereocenters. The summed E-state index contributed by atoms with van der Waals surface area (Å²) in [4.78, 5) is 4.30. The number of nitrogens with zero attached hydrogens (tertiary/aromatic N) is 2. The van der Waals surface area contributed by atoms with Gasteiger partial charge in [0.15, 0.2) is 0 Å². The SMILES string of the molecule is Cc1cc(CN)c2c(C(C)C)noc2n1. The molecule has 4 heteroatoms. The number of pyridine rings is 1. The molecule has 0 aliphatic heterocycles. The number of hydrogen-bond acceptors (Lipinski definition) is 4. The molecule has 0 amide bonds. The Bertz CT molecular complexity index is 488. The first kappa shape index (κ1) is 10.1. The minimum Gasteiger partial charge on any atom is -0.336 e. The van der Waals surface area contributed by atoms with Gasteiger partial charge in [0, 0.05) is 12.2 Å². The van der Waals surface area contributed by atoms with Crippen LogP contribution in [0.4, 0.5) is 0 Å². The third-order valence-corrected chi connectivity index (χ3v) is 2.45. The van der Waals surface area contributed by atoms with Crippen molar-refractivity contribution in [3.8, 4) is 0 Å². The van der Waals surface area contributed by atoms with Crippen LogP contribution in [0.25, 0.3) is 11.1 Å². The molecule has 0 saturated carbocycles. The summed E-state index contributed by atoms with van der Waals surface area (Å²) < 4.78 is 5.22. The van der Waals surface area contributed by atoms with E-state index in [0.29, 0.717) is 18.2 Å². The van der Waals surface area contributed by atoms with Crippen LogP contribution in [0.2, 0.25) is 0 Å². The van der Waals surface area contributed by atoms with Crippen molar-refractivity contribution >= 4 is 11.1 Å². The van der Waals surface area contributed by atoms with E-state index in [2.05, 4.69) is 24.0 Å². The average Bonchev–Trinajstić information content (AvgIpc) is 2.59. The van der Waals surface area contributed by atoms with Gasteiger partial charge in [-0.1, -0.05) is 19.0 Å². The lowest BCUT2D eigenvalue weighted by atomic mass is 10.0. The number of aromatic nitrogens is 2. The van der Waals surface area contributed by atoms with Gasteiger partial charge in [-0.25, -0.2) is 4.98 Å². The van der Waals surface area contributed by atoms with E-state index in [1.165, 1.54) is 0 Å². The van der Waals surface area contributed by atoms with Crippen molar-refractivity contribution in [3.63, 3.8) is 0 Å². The Balaban J connectivity index is 2.77. The predicted octanol–water partition coefficient (Wildman–Crippen LogP) is 2.11. The molecule has 2 aromatic rings. The minimum atomic E-state index is 0.320. The summed E-state index contributed by atoms with van der Waals surface area (Å²) in [6.45, 7) is 6.58. The summed E-state index contributed by atoms with van der Waals surface area (Å²) in [5, 5.41) is 5.04. The molecule has 4 nitrogen and oxygen atoms in total. The molecule has 0 aromatic carbocycles. The van der Waals surface area contributed by atoms with E-state index in [9.17, 15) is 0 Å². The molecule has 0 aliphatic rings. The summed E-state index contributed by atoms with van der Waals surface area (Å²) >= 11 is 0. The van der Waals surface area contributed by atoms with E-state index >= 15 is 0 Å². The molecule has 0 radical (unpaired) electrons. The number of hydrogen-bond donors (Lipinski definition) is 1. The van der Waals surface area contributed by atoms with Gasteiger partial charge in [-0.05, 0) is 24.5 Å². The van der Waals surface area contributed by atoms with Gasteiger partial charge in [-0.15, -0.1) is 0 Å². The van der Waals surface area contributed by atoms with Crippen LogP contribution in [0, 0.1) is 6.92 Å². The summed E-state index contributed by atoms with van der Waals surface area (Å²) in [5.41, 5.74) is 9.22. The molecule has 2 rings (SSSR count). The maximum atomic E-state index is 5.72. The van der Waals surface area contributed by atoms with E-state index in [-0.39, 0.29) is 0 Å². The van der Waals surface area contributed by atoms with Crippen LogP contribution in [0.5, 0.6) is 0 Å². The molecule has 0 spiro atoms. The Hall–Kier alpha value is -1.42. The number of rotatable bonds is 2. The molecule has 0 bridgehead atoms. The van der Waals surface area contributed by atoms with E-state index in [4.69, 9.17) is 10.3 Å². The van der Waals surface area contributed by atoms with Crippen LogP contribution in [0.3, 0.4) is 0 Å². The summed E-state index contributed by atoms with van der Waals surface area (Å²) in [6, 6.07) is 1.99. The highest BCUT2D eigenvalue weighted by Crippen LogP contribution is 2.27. The van der Waals surface area contributed by atoms with Crippen molar-refractivity contribution in [1.29, 1.82) is 0 Å². The van der Waals surface area contributed by atoms with Gasteiger partial charge in [-0.2, -0.15) is 0 Å². The normalized spacial score (nSPS) is 11.5. The minimum absolute atomic E-state index is 0.320. The average molecular weight is 205 g/mol. The standard InChI is InChI=1S/C11H15N3O/c1-6(2)10-9-8(5-12)4-7(3)13-11(9)15-14-10/h4,6H,5,12H2,1-3H3. The number of nitrogens with two attached hydrogens (primary N) is 1. The van der Waals surface area contributed by atoms with E-state index in [1.54, 1.807) is 0 Å². The molecule has 0 fully saturated rings. The lowest BCUT2D eigenvalue weighted by Crippen LogP contribution is -2.00. The third kappa shape index (κ3) is 1.61. The first-order valence-corrected chi connectivity index (χ1v) is 5.09. The van der Waals surface area contributed by atoms with E-state index < -0.39 is 0 Å². The maximum absolute atomic E-state index is 5.72. The lowest BCUT2D eigenvalue weighted by molar-refractivity contribution is 0.434. The maximum Gasteiger partial charge on any atom is 0.258 e. The van der Waals surface area contributed by atoms with Crippen LogP contribution in [-0.4, -0.2) is 10.1 Å². The number of aryl methyl sites for hydroxylation is 1. The van der Waals surface area contributed by atoms with Crippen LogP contribution in [0.15, 0.2) is 10.6 Å². The topological polar surface area (TPSA) is 64.9 Å². The largest absolute Gasteiger partial charge is 0.336 e. The van der Waals surface area contributed by atoms with Crippen molar-refractivity contribution in [3.05, 3.63) is 23.0 Å². The highest BCUT2D eigenvalue weighted by molar-refractivity contribution is 5.80. The Morgan fingerprint density at radius 1 is 1.47 bits per heavy atom. The van der Waals surface area contributed by atoms with Gasteiger partial charge in [0.25, 0.3) is 5.71 Å². The van der Waals surface area contributed by atoms with Gasteiger partial charge < -0.3 is 10.3 Å². The van der Waals surface area contributed by atoms with Gasteiger partial charge in [0.05, 0.1) is 11.1 Å². The first-order chi connectivity index (χ1) is 7.13. The molecular formula is C11H15N3O. The molecule has 15 heavy (non-hydrogen) atoms. The fourth-order valence-electron chi connectivity index (χ4n) is 1.74. The number of fused-ring (bicyclic) bond motifs is 1. The summed E-state index contributed by atoms with van der Waals surface area (Å²) in [6.07, 6.45) is 0. The third-order valence-electron chi connectivity index (χ3n) is 2.45. The van der Waals surface area contributed by atoms with Crippen LogP contribution in [0.1, 0.15) is 36.7 Å². The summed E-state index contributed by atoms with van der Waals surface area (Å²) in [7, 11) is 0. The zero-order valence-corrected chi connectivity index (χ0v) is 9.24. The fraction of sp³-hybridized carbons (Fsp3) is 0.455.